The van der Waals surface area contributed by atoms with Crippen LogP contribution < -0.4 is 5.32 Å². The van der Waals surface area contributed by atoms with Gasteiger partial charge in [-0.25, -0.2) is 4.68 Å². The van der Waals surface area contributed by atoms with Gasteiger partial charge in [0.25, 0.3) is 5.91 Å². The van der Waals surface area contributed by atoms with Gasteiger partial charge in [0.15, 0.2) is 0 Å². The van der Waals surface area contributed by atoms with Crippen LogP contribution in [-0.4, -0.2) is 21.7 Å². The molecule has 1 amide bonds. The van der Waals surface area contributed by atoms with Crippen molar-refractivity contribution < 1.29 is 9.18 Å². The van der Waals surface area contributed by atoms with Gasteiger partial charge in [-0.15, -0.1) is 0 Å². The zero-order valence-corrected chi connectivity index (χ0v) is 8.17. The molecule has 1 aliphatic rings. The molecule has 0 aliphatic heterocycles. The van der Waals surface area contributed by atoms with Crippen LogP contribution in [0.2, 0.25) is 0 Å². The highest BCUT2D eigenvalue weighted by atomic mass is 19.1. The molecule has 0 aromatic carbocycles. The van der Waals surface area contributed by atoms with Crippen LogP contribution in [0, 0.1) is 12.9 Å². The van der Waals surface area contributed by atoms with Crippen LogP contribution in [0.3, 0.4) is 0 Å². The molecule has 0 spiro atoms. The predicted octanol–water partition coefficient (Wildman–Crippen LogP) is 0.760. The number of halogens is 1. The van der Waals surface area contributed by atoms with Crippen molar-refractivity contribution >= 4 is 5.91 Å². The smallest absolute Gasteiger partial charge is 0.258 e. The molecule has 5 heteroatoms. The third-order valence-electron chi connectivity index (χ3n) is 2.29. The average Bonchev–Trinajstić information content (AvgIpc) is 2.83. The molecule has 0 bridgehead atoms. The molecule has 1 aliphatic carbocycles. The molecule has 1 aromatic heterocycles. The Kier molecular flexibility index (Phi) is 2.02. The lowest BCUT2D eigenvalue weighted by atomic mass is 10.2. The molecule has 1 heterocycles. The maximum atomic E-state index is 13.4. The lowest BCUT2D eigenvalue weighted by Gasteiger charge is -2.00. The van der Waals surface area contributed by atoms with E-state index in [4.69, 9.17) is 0 Å². The summed E-state index contributed by atoms with van der Waals surface area (Å²) in [5.41, 5.74) is 0.502. The topological polar surface area (TPSA) is 46.9 Å². The van der Waals surface area contributed by atoms with E-state index in [2.05, 4.69) is 10.4 Å². The summed E-state index contributed by atoms with van der Waals surface area (Å²) in [6.45, 7) is 1.63. The van der Waals surface area contributed by atoms with E-state index in [0.717, 1.165) is 17.5 Å². The minimum Gasteiger partial charge on any atom is -0.349 e. The number of hydrogen-bond acceptors (Lipinski definition) is 2. The Morgan fingerprint density at radius 2 is 2.29 bits per heavy atom. The number of carbonyl (C=O) groups excluding carboxylic acids is 1. The van der Waals surface area contributed by atoms with Crippen LogP contribution in [0.1, 0.15) is 28.9 Å². The monoisotopic (exact) mass is 197 g/mol. The van der Waals surface area contributed by atoms with Gasteiger partial charge in [0.2, 0.25) is 5.95 Å². The average molecular weight is 197 g/mol. The quantitative estimate of drug-likeness (QED) is 0.760. The van der Waals surface area contributed by atoms with E-state index in [1.54, 1.807) is 6.92 Å². The Hall–Kier alpha value is -1.39. The van der Waals surface area contributed by atoms with Gasteiger partial charge in [-0.2, -0.15) is 9.49 Å². The van der Waals surface area contributed by atoms with Gasteiger partial charge in [0, 0.05) is 13.1 Å². The van der Waals surface area contributed by atoms with Crippen molar-refractivity contribution in [3.63, 3.8) is 0 Å². The zero-order chi connectivity index (χ0) is 10.3. The SMILES string of the molecule is Cc1nn(C)c(F)c1C(=O)NC1CC1. The van der Waals surface area contributed by atoms with E-state index in [-0.39, 0.29) is 17.5 Å². The molecule has 0 atom stereocenters. The fourth-order valence-electron chi connectivity index (χ4n) is 1.37. The second-order valence-corrected chi connectivity index (χ2v) is 3.62. The summed E-state index contributed by atoms with van der Waals surface area (Å²) in [6.07, 6.45) is 1.99. The van der Waals surface area contributed by atoms with Crippen molar-refractivity contribution in [1.29, 1.82) is 0 Å². The van der Waals surface area contributed by atoms with Crippen LogP contribution in [0.15, 0.2) is 0 Å². The first-order valence-corrected chi connectivity index (χ1v) is 4.59. The Labute approximate surface area is 81.1 Å². The van der Waals surface area contributed by atoms with Gasteiger partial charge < -0.3 is 5.32 Å². The van der Waals surface area contributed by atoms with Crippen molar-refractivity contribution in [2.45, 2.75) is 25.8 Å². The molecule has 4 nitrogen and oxygen atoms in total. The normalized spacial score (nSPS) is 15.6. The standard InChI is InChI=1S/C9H12FN3O/c1-5-7(8(10)13(2)12-5)9(14)11-6-3-4-6/h6H,3-4H2,1-2H3,(H,11,14). The Morgan fingerprint density at radius 1 is 1.64 bits per heavy atom. The first-order valence-electron chi connectivity index (χ1n) is 4.59. The summed E-state index contributed by atoms with van der Waals surface area (Å²) in [5.74, 6) is -0.920. The number of aromatic nitrogens is 2. The highest BCUT2D eigenvalue weighted by Crippen LogP contribution is 2.20. The number of amides is 1. The van der Waals surface area contributed by atoms with Gasteiger partial charge in [0.1, 0.15) is 5.56 Å². The Morgan fingerprint density at radius 3 is 2.71 bits per heavy atom. The Bertz CT molecular complexity index is 382. The van der Waals surface area contributed by atoms with E-state index in [9.17, 15) is 9.18 Å². The summed E-state index contributed by atoms with van der Waals surface area (Å²) in [6, 6.07) is 0.238. The van der Waals surface area contributed by atoms with E-state index in [0.29, 0.717) is 5.69 Å². The van der Waals surface area contributed by atoms with E-state index in [1.807, 2.05) is 0 Å². The van der Waals surface area contributed by atoms with Crippen LogP contribution in [0.5, 0.6) is 0 Å². The van der Waals surface area contributed by atoms with Gasteiger partial charge in [-0.1, -0.05) is 0 Å². The molecule has 2 rings (SSSR count). The van der Waals surface area contributed by atoms with Crippen molar-refractivity contribution in [3.8, 4) is 0 Å². The molecule has 14 heavy (non-hydrogen) atoms. The summed E-state index contributed by atoms with van der Waals surface area (Å²) in [7, 11) is 1.48. The number of nitrogens with one attached hydrogen (secondary N) is 1. The van der Waals surface area contributed by atoms with Crippen LogP contribution in [0.25, 0.3) is 0 Å². The molecule has 0 unspecified atom stereocenters. The third-order valence-corrected chi connectivity index (χ3v) is 2.29. The minimum absolute atomic E-state index is 0.0689. The van der Waals surface area contributed by atoms with Crippen molar-refractivity contribution in [1.82, 2.24) is 15.1 Å². The number of aryl methyl sites for hydroxylation is 2. The van der Waals surface area contributed by atoms with E-state index in [1.165, 1.54) is 7.05 Å². The first kappa shape index (κ1) is 9.18. The molecule has 1 aromatic rings. The third kappa shape index (κ3) is 1.49. The van der Waals surface area contributed by atoms with Crippen molar-refractivity contribution in [2.24, 2.45) is 7.05 Å². The molecule has 1 N–H and O–H groups in total. The van der Waals surface area contributed by atoms with Gasteiger partial charge in [0.05, 0.1) is 5.69 Å². The molecule has 76 valence electrons. The van der Waals surface area contributed by atoms with Crippen LogP contribution in [-0.2, 0) is 7.05 Å². The lowest BCUT2D eigenvalue weighted by Crippen LogP contribution is -2.26. The minimum atomic E-state index is -0.569. The highest BCUT2D eigenvalue weighted by Gasteiger charge is 2.27. The van der Waals surface area contributed by atoms with Crippen LogP contribution >= 0.6 is 0 Å². The molecule has 1 saturated carbocycles. The first-order chi connectivity index (χ1) is 6.59. The summed E-state index contributed by atoms with van der Waals surface area (Å²) >= 11 is 0. The number of hydrogen-bond donors (Lipinski definition) is 1. The number of nitrogens with zero attached hydrogens (tertiary/aromatic N) is 2. The molecule has 0 radical (unpaired) electrons. The van der Waals surface area contributed by atoms with Gasteiger partial charge in [-0.3, -0.25) is 4.79 Å². The molecular formula is C9H12FN3O. The second-order valence-electron chi connectivity index (χ2n) is 3.62. The summed E-state index contributed by atoms with van der Waals surface area (Å²) in [4.78, 5) is 11.5. The van der Waals surface area contributed by atoms with Crippen molar-refractivity contribution in [2.75, 3.05) is 0 Å². The van der Waals surface area contributed by atoms with Gasteiger partial charge >= 0.3 is 0 Å². The number of carbonyl (C=O) groups is 1. The van der Waals surface area contributed by atoms with E-state index >= 15 is 0 Å². The van der Waals surface area contributed by atoms with E-state index < -0.39 is 5.95 Å². The molecular weight excluding hydrogens is 185 g/mol. The number of rotatable bonds is 2. The maximum Gasteiger partial charge on any atom is 0.258 e. The second kappa shape index (κ2) is 3.08. The van der Waals surface area contributed by atoms with Crippen LogP contribution in [0.4, 0.5) is 4.39 Å². The fourth-order valence-corrected chi connectivity index (χ4v) is 1.37. The van der Waals surface area contributed by atoms with Crippen molar-refractivity contribution in [3.05, 3.63) is 17.2 Å². The summed E-state index contributed by atoms with van der Waals surface area (Å²) < 4.78 is 14.5. The largest absolute Gasteiger partial charge is 0.349 e. The fraction of sp³-hybridized carbons (Fsp3) is 0.556. The van der Waals surface area contributed by atoms with Gasteiger partial charge in [-0.05, 0) is 19.8 Å². The Balaban J connectivity index is 2.24. The predicted molar refractivity (Wildman–Crippen MR) is 48.4 cm³/mol. The highest BCUT2D eigenvalue weighted by molar-refractivity contribution is 5.95. The molecule has 0 saturated heterocycles. The lowest BCUT2D eigenvalue weighted by molar-refractivity contribution is 0.0946. The summed E-state index contributed by atoms with van der Waals surface area (Å²) in [5, 5.41) is 6.57. The maximum absolute atomic E-state index is 13.4. The molecule has 1 fully saturated rings. The zero-order valence-electron chi connectivity index (χ0n) is 8.17.